The molecule has 0 N–H and O–H groups in total. The molecule has 122 valence electrons. The van der Waals surface area contributed by atoms with Crippen LogP contribution in [0.3, 0.4) is 0 Å². The zero-order valence-electron chi connectivity index (χ0n) is 12.6. The van der Waals surface area contributed by atoms with Gasteiger partial charge in [-0.3, -0.25) is 4.31 Å². The van der Waals surface area contributed by atoms with E-state index in [1.54, 1.807) is 37.3 Å². The summed E-state index contributed by atoms with van der Waals surface area (Å²) in [6.07, 6.45) is 0.614. The van der Waals surface area contributed by atoms with Crippen LogP contribution < -0.4 is 4.31 Å². The van der Waals surface area contributed by atoms with Gasteiger partial charge in [-0.25, -0.2) is 13.2 Å². The smallest absolute Gasteiger partial charge is 0.338 e. The second kappa shape index (κ2) is 6.04. The summed E-state index contributed by atoms with van der Waals surface area (Å²) in [5.74, 6) is 0.308. The molecule has 2 heterocycles. The van der Waals surface area contributed by atoms with Crippen molar-refractivity contribution in [1.82, 2.24) is 5.16 Å². The molecule has 8 heteroatoms. The average Bonchev–Trinajstić information content (AvgIpc) is 3.10. The summed E-state index contributed by atoms with van der Waals surface area (Å²) in [4.78, 5) is 12.0. The number of hydrogen-bond donors (Lipinski definition) is 0. The van der Waals surface area contributed by atoms with Crippen molar-refractivity contribution >= 4 is 21.7 Å². The summed E-state index contributed by atoms with van der Waals surface area (Å²) in [6, 6.07) is 8.02. The van der Waals surface area contributed by atoms with Gasteiger partial charge in [-0.1, -0.05) is 5.16 Å². The van der Waals surface area contributed by atoms with Crippen LogP contribution in [-0.2, 0) is 21.4 Å². The Kier molecular flexibility index (Phi) is 4.08. The first-order valence-electron chi connectivity index (χ1n) is 7.15. The number of benzene rings is 1. The normalized spacial score (nSPS) is 16.5. The summed E-state index contributed by atoms with van der Waals surface area (Å²) in [5.41, 5.74) is 1.45. The van der Waals surface area contributed by atoms with Crippen molar-refractivity contribution in [3.05, 3.63) is 47.3 Å². The average molecular weight is 336 g/mol. The predicted octanol–water partition coefficient (Wildman–Crippen LogP) is 1.88. The highest BCUT2D eigenvalue weighted by molar-refractivity contribution is 7.93. The third-order valence-corrected chi connectivity index (χ3v) is 5.39. The number of carbonyl (C=O) groups excluding carboxylic acids is 1. The second-order valence-electron chi connectivity index (χ2n) is 5.29. The van der Waals surface area contributed by atoms with Crippen LogP contribution >= 0.6 is 0 Å². The third-order valence-electron chi connectivity index (χ3n) is 3.52. The molecule has 23 heavy (non-hydrogen) atoms. The Morgan fingerprint density at radius 3 is 2.65 bits per heavy atom. The highest BCUT2D eigenvalue weighted by atomic mass is 32.2. The maximum atomic E-state index is 12.0. The molecule has 1 aliphatic rings. The van der Waals surface area contributed by atoms with E-state index < -0.39 is 16.0 Å². The number of hydrogen-bond acceptors (Lipinski definition) is 6. The fourth-order valence-electron chi connectivity index (χ4n) is 2.40. The van der Waals surface area contributed by atoms with Crippen molar-refractivity contribution in [1.29, 1.82) is 0 Å². The summed E-state index contributed by atoms with van der Waals surface area (Å²) >= 11 is 0. The number of aromatic nitrogens is 1. The minimum absolute atomic E-state index is 0.0262. The van der Waals surface area contributed by atoms with Gasteiger partial charge in [0.2, 0.25) is 10.0 Å². The van der Waals surface area contributed by atoms with Crippen molar-refractivity contribution in [2.24, 2.45) is 0 Å². The number of aryl methyl sites for hydroxylation is 1. The molecule has 1 saturated heterocycles. The van der Waals surface area contributed by atoms with E-state index in [2.05, 4.69) is 5.16 Å². The van der Waals surface area contributed by atoms with E-state index in [-0.39, 0.29) is 12.4 Å². The van der Waals surface area contributed by atoms with Crippen LogP contribution in [0.2, 0.25) is 0 Å². The topological polar surface area (TPSA) is 89.7 Å². The van der Waals surface area contributed by atoms with Crippen molar-refractivity contribution in [2.75, 3.05) is 16.6 Å². The summed E-state index contributed by atoms with van der Waals surface area (Å²) in [6.45, 7) is 2.25. The molecular weight excluding hydrogens is 320 g/mol. The summed E-state index contributed by atoms with van der Waals surface area (Å²) in [5, 5.41) is 3.74. The first kappa shape index (κ1) is 15.5. The van der Waals surface area contributed by atoms with Gasteiger partial charge in [0.15, 0.2) is 0 Å². The molecule has 0 amide bonds. The molecular formula is C15H16N2O5S. The van der Waals surface area contributed by atoms with E-state index in [1.807, 2.05) is 0 Å². The highest BCUT2D eigenvalue weighted by Gasteiger charge is 2.28. The molecule has 1 aliphatic heterocycles. The summed E-state index contributed by atoms with van der Waals surface area (Å²) < 4.78 is 35.1. The molecule has 1 aromatic carbocycles. The number of carbonyl (C=O) groups is 1. The van der Waals surface area contributed by atoms with Crippen LogP contribution in [0.5, 0.6) is 0 Å². The zero-order valence-corrected chi connectivity index (χ0v) is 13.4. The number of esters is 1. The Balaban J connectivity index is 1.66. The van der Waals surface area contributed by atoms with Crippen LogP contribution in [0.25, 0.3) is 0 Å². The molecule has 0 spiro atoms. The van der Waals surface area contributed by atoms with Gasteiger partial charge in [-0.15, -0.1) is 0 Å². The Labute approximate surface area is 133 Å². The van der Waals surface area contributed by atoms with Gasteiger partial charge in [0, 0.05) is 12.6 Å². The Bertz CT molecular complexity index is 811. The van der Waals surface area contributed by atoms with E-state index in [4.69, 9.17) is 9.26 Å². The van der Waals surface area contributed by atoms with Gasteiger partial charge >= 0.3 is 5.97 Å². The molecule has 0 bridgehead atoms. The SMILES string of the molecule is Cc1cc(COC(=O)c2ccc(N3CCCS3(=O)=O)cc2)no1. The molecule has 1 fully saturated rings. The number of nitrogens with zero attached hydrogens (tertiary/aromatic N) is 2. The van der Waals surface area contributed by atoms with E-state index in [0.717, 1.165) is 0 Å². The van der Waals surface area contributed by atoms with Gasteiger partial charge in [0.25, 0.3) is 0 Å². The van der Waals surface area contributed by atoms with Gasteiger partial charge in [0.1, 0.15) is 18.1 Å². The lowest BCUT2D eigenvalue weighted by molar-refractivity contribution is 0.0464. The maximum Gasteiger partial charge on any atom is 0.338 e. The fraction of sp³-hybridized carbons (Fsp3) is 0.333. The van der Waals surface area contributed by atoms with Gasteiger partial charge in [-0.05, 0) is 37.6 Å². The van der Waals surface area contributed by atoms with Crippen molar-refractivity contribution in [2.45, 2.75) is 20.0 Å². The van der Waals surface area contributed by atoms with Crippen LogP contribution in [-0.4, -0.2) is 31.8 Å². The fourth-order valence-corrected chi connectivity index (χ4v) is 3.97. The number of rotatable bonds is 4. The molecule has 0 radical (unpaired) electrons. The molecule has 3 rings (SSSR count). The molecule has 2 aromatic rings. The van der Waals surface area contributed by atoms with Crippen LogP contribution in [0, 0.1) is 6.92 Å². The molecule has 0 unspecified atom stereocenters. The van der Waals surface area contributed by atoms with Crippen LogP contribution in [0.15, 0.2) is 34.9 Å². The zero-order chi connectivity index (χ0) is 16.4. The lowest BCUT2D eigenvalue weighted by atomic mass is 10.2. The van der Waals surface area contributed by atoms with Crippen molar-refractivity contribution in [3.8, 4) is 0 Å². The third kappa shape index (κ3) is 3.37. The standard InChI is InChI=1S/C15H16N2O5S/c1-11-9-13(16-22-11)10-21-15(18)12-3-5-14(6-4-12)17-7-2-8-23(17,19)20/h3-6,9H,2,7-8,10H2,1H3. The Hall–Kier alpha value is -2.35. The highest BCUT2D eigenvalue weighted by Crippen LogP contribution is 2.24. The van der Waals surface area contributed by atoms with Gasteiger partial charge < -0.3 is 9.26 Å². The first-order valence-corrected chi connectivity index (χ1v) is 8.76. The minimum Gasteiger partial charge on any atom is -0.455 e. The van der Waals surface area contributed by atoms with E-state index in [0.29, 0.717) is 35.7 Å². The number of anilines is 1. The minimum atomic E-state index is -3.22. The maximum absolute atomic E-state index is 12.0. The van der Waals surface area contributed by atoms with Gasteiger partial charge in [0.05, 0.1) is 17.0 Å². The second-order valence-corrected chi connectivity index (χ2v) is 7.31. The van der Waals surface area contributed by atoms with Gasteiger partial charge in [-0.2, -0.15) is 0 Å². The molecule has 7 nitrogen and oxygen atoms in total. The Morgan fingerprint density at radius 2 is 2.09 bits per heavy atom. The molecule has 0 saturated carbocycles. The quantitative estimate of drug-likeness (QED) is 0.792. The molecule has 1 aromatic heterocycles. The monoisotopic (exact) mass is 336 g/mol. The van der Waals surface area contributed by atoms with Crippen LogP contribution in [0.1, 0.15) is 28.2 Å². The lowest BCUT2D eigenvalue weighted by Crippen LogP contribution is -2.25. The van der Waals surface area contributed by atoms with E-state index in [1.165, 1.54) is 4.31 Å². The Morgan fingerprint density at radius 1 is 1.35 bits per heavy atom. The summed E-state index contributed by atoms with van der Waals surface area (Å²) in [7, 11) is -3.22. The van der Waals surface area contributed by atoms with Crippen LogP contribution in [0.4, 0.5) is 5.69 Å². The van der Waals surface area contributed by atoms with Crippen molar-refractivity contribution in [3.63, 3.8) is 0 Å². The largest absolute Gasteiger partial charge is 0.455 e. The molecule has 0 aliphatic carbocycles. The van der Waals surface area contributed by atoms with E-state index >= 15 is 0 Å². The number of ether oxygens (including phenoxy) is 1. The predicted molar refractivity (Wildman–Crippen MR) is 82.6 cm³/mol. The molecule has 0 atom stereocenters. The van der Waals surface area contributed by atoms with E-state index in [9.17, 15) is 13.2 Å². The number of sulfonamides is 1. The first-order chi connectivity index (χ1) is 11.0. The lowest BCUT2D eigenvalue weighted by Gasteiger charge is -2.16. The van der Waals surface area contributed by atoms with Crippen molar-refractivity contribution < 1.29 is 22.5 Å².